The Morgan fingerprint density at radius 1 is 1.54 bits per heavy atom. The molecule has 1 aromatic heterocycles. The molecule has 0 aliphatic carbocycles. The summed E-state index contributed by atoms with van der Waals surface area (Å²) in [6.07, 6.45) is 2.56. The van der Waals surface area contributed by atoms with Crippen molar-refractivity contribution in [1.29, 1.82) is 0 Å². The molecule has 0 aromatic carbocycles. The Labute approximate surface area is 83.8 Å². The predicted octanol–water partition coefficient (Wildman–Crippen LogP) is 2.36. The van der Waals surface area contributed by atoms with Crippen LogP contribution in [0.5, 0.6) is 0 Å². The van der Waals surface area contributed by atoms with E-state index in [0.717, 1.165) is 12.2 Å². The van der Waals surface area contributed by atoms with Gasteiger partial charge < -0.3 is 4.90 Å². The van der Waals surface area contributed by atoms with Gasteiger partial charge in [-0.2, -0.15) is 0 Å². The highest BCUT2D eigenvalue weighted by molar-refractivity contribution is 6.29. The summed E-state index contributed by atoms with van der Waals surface area (Å²) in [6, 6.07) is 2.24. The van der Waals surface area contributed by atoms with E-state index in [1.807, 2.05) is 7.05 Å². The van der Waals surface area contributed by atoms with Gasteiger partial charge in [-0.25, -0.2) is 9.97 Å². The highest BCUT2D eigenvalue weighted by Crippen LogP contribution is 2.15. The maximum atomic E-state index is 5.76. The number of hydrogen-bond donors (Lipinski definition) is 0. The van der Waals surface area contributed by atoms with Crippen LogP contribution in [0.2, 0.25) is 5.15 Å². The van der Waals surface area contributed by atoms with Crippen LogP contribution in [-0.2, 0) is 0 Å². The summed E-state index contributed by atoms with van der Waals surface area (Å²) in [5.41, 5.74) is 0. The molecule has 0 N–H and O–H groups in total. The number of nitrogens with zero attached hydrogens (tertiary/aromatic N) is 3. The SMILES string of the molecule is CCC(C)N(C)c1cc(Cl)ncn1. The Morgan fingerprint density at radius 2 is 2.23 bits per heavy atom. The highest BCUT2D eigenvalue weighted by Gasteiger charge is 2.08. The van der Waals surface area contributed by atoms with Crippen LogP contribution in [0.15, 0.2) is 12.4 Å². The standard InChI is InChI=1S/C9H14ClN3/c1-4-7(2)13(3)9-5-8(10)11-6-12-9/h5-7H,4H2,1-3H3. The zero-order chi connectivity index (χ0) is 9.84. The average Bonchev–Trinajstić information content (AvgIpc) is 2.15. The van der Waals surface area contributed by atoms with Crippen molar-refractivity contribution in [3.05, 3.63) is 17.5 Å². The lowest BCUT2D eigenvalue weighted by atomic mass is 10.2. The van der Waals surface area contributed by atoms with E-state index in [4.69, 9.17) is 11.6 Å². The van der Waals surface area contributed by atoms with Gasteiger partial charge in [0, 0.05) is 19.2 Å². The van der Waals surface area contributed by atoms with Crippen LogP contribution in [0.1, 0.15) is 20.3 Å². The third kappa shape index (κ3) is 2.56. The van der Waals surface area contributed by atoms with E-state index in [0.29, 0.717) is 11.2 Å². The Balaban J connectivity index is 2.82. The van der Waals surface area contributed by atoms with Gasteiger partial charge in [-0.15, -0.1) is 0 Å². The molecule has 1 aromatic rings. The van der Waals surface area contributed by atoms with E-state index >= 15 is 0 Å². The van der Waals surface area contributed by atoms with Crippen LogP contribution < -0.4 is 4.90 Å². The summed E-state index contributed by atoms with van der Waals surface area (Å²) in [4.78, 5) is 10.1. The predicted molar refractivity (Wildman–Crippen MR) is 55.2 cm³/mol. The topological polar surface area (TPSA) is 29.0 Å². The minimum Gasteiger partial charge on any atom is -0.357 e. The van der Waals surface area contributed by atoms with E-state index < -0.39 is 0 Å². The fraction of sp³-hybridized carbons (Fsp3) is 0.556. The van der Waals surface area contributed by atoms with Crippen LogP contribution in [0.4, 0.5) is 5.82 Å². The number of aromatic nitrogens is 2. The zero-order valence-electron chi connectivity index (χ0n) is 8.16. The molecule has 0 aliphatic heterocycles. The average molecular weight is 200 g/mol. The molecule has 1 heterocycles. The molecule has 0 radical (unpaired) electrons. The first-order chi connectivity index (χ1) is 6.15. The summed E-state index contributed by atoms with van der Waals surface area (Å²) in [5.74, 6) is 0.870. The van der Waals surface area contributed by atoms with Gasteiger partial charge in [-0.3, -0.25) is 0 Å². The van der Waals surface area contributed by atoms with Gasteiger partial charge in [0.25, 0.3) is 0 Å². The van der Waals surface area contributed by atoms with Crippen LogP contribution in [0.3, 0.4) is 0 Å². The van der Waals surface area contributed by atoms with Crippen LogP contribution >= 0.6 is 11.6 Å². The molecule has 13 heavy (non-hydrogen) atoms. The molecular weight excluding hydrogens is 186 g/mol. The van der Waals surface area contributed by atoms with Crippen molar-refractivity contribution >= 4 is 17.4 Å². The molecule has 0 saturated carbocycles. The quantitative estimate of drug-likeness (QED) is 0.700. The number of rotatable bonds is 3. The fourth-order valence-corrected chi connectivity index (χ4v) is 1.16. The van der Waals surface area contributed by atoms with Gasteiger partial charge in [0.1, 0.15) is 17.3 Å². The van der Waals surface area contributed by atoms with E-state index in [1.165, 1.54) is 6.33 Å². The summed E-state index contributed by atoms with van der Waals surface area (Å²) >= 11 is 5.76. The molecule has 0 saturated heterocycles. The van der Waals surface area contributed by atoms with Crippen LogP contribution in [-0.4, -0.2) is 23.1 Å². The maximum Gasteiger partial charge on any atom is 0.134 e. The van der Waals surface area contributed by atoms with Crippen LogP contribution in [0.25, 0.3) is 0 Å². The number of hydrogen-bond acceptors (Lipinski definition) is 3. The van der Waals surface area contributed by atoms with E-state index in [9.17, 15) is 0 Å². The highest BCUT2D eigenvalue weighted by atomic mass is 35.5. The second-order valence-corrected chi connectivity index (χ2v) is 3.45. The van der Waals surface area contributed by atoms with Crippen LogP contribution in [0, 0.1) is 0 Å². The van der Waals surface area contributed by atoms with Gasteiger partial charge in [-0.1, -0.05) is 18.5 Å². The Morgan fingerprint density at radius 3 is 2.77 bits per heavy atom. The Hall–Kier alpha value is -0.830. The van der Waals surface area contributed by atoms with Crippen molar-refractivity contribution in [2.24, 2.45) is 0 Å². The second-order valence-electron chi connectivity index (χ2n) is 3.07. The van der Waals surface area contributed by atoms with E-state index in [-0.39, 0.29) is 0 Å². The van der Waals surface area contributed by atoms with Crippen molar-refractivity contribution in [3.63, 3.8) is 0 Å². The summed E-state index contributed by atoms with van der Waals surface area (Å²) in [5, 5.41) is 0.486. The summed E-state index contributed by atoms with van der Waals surface area (Å²) in [6.45, 7) is 4.29. The molecule has 3 nitrogen and oxygen atoms in total. The normalized spacial score (nSPS) is 12.6. The smallest absolute Gasteiger partial charge is 0.134 e. The van der Waals surface area contributed by atoms with E-state index in [1.54, 1.807) is 6.07 Å². The third-order valence-electron chi connectivity index (χ3n) is 2.23. The first kappa shape index (κ1) is 10.3. The minimum absolute atomic E-state index is 0.464. The second kappa shape index (κ2) is 4.42. The van der Waals surface area contributed by atoms with Crippen molar-refractivity contribution < 1.29 is 0 Å². The first-order valence-electron chi connectivity index (χ1n) is 4.35. The Kier molecular flexibility index (Phi) is 3.48. The molecule has 0 aliphatic rings. The molecule has 0 amide bonds. The molecular formula is C9H14ClN3. The summed E-state index contributed by atoms with van der Waals surface area (Å²) < 4.78 is 0. The van der Waals surface area contributed by atoms with Crippen molar-refractivity contribution in [2.45, 2.75) is 26.3 Å². The molecule has 72 valence electrons. The zero-order valence-corrected chi connectivity index (χ0v) is 8.91. The maximum absolute atomic E-state index is 5.76. The van der Waals surface area contributed by atoms with Gasteiger partial charge in [0.2, 0.25) is 0 Å². The Bertz CT molecular complexity index is 277. The molecule has 1 rings (SSSR count). The lowest BCUT2D eigenvalue weighted by molar-refractivity contribution is 0.656. The number of anilines is 1. The number of halogens is 1. The largest absolute Gasteiger partial charge is 0.357 e. The van der Waals surface area contributed by atoms with Gasteiger partial charge in [0.05, 0.1) is 0 Å². The minimum atomic E-state index is 0.464. The first-order valence-corrected chi connectivity index (χ1v) is 4.73. The lowest BCUT2D eigenvalue weighted by Gasteiger charge is -2.24. The molecule has 1 atom stereocenters. The fourth-order valence-electron chi connectivity index (χ4n) is 1.02. The molecule has 0 fully saturated rings. The summed E-state index contributed by atoms with van der Waals surface area (Å²) in [7, 11) is 2.01. The van der Waals surface area contributed by atoms with Gasteiger partial charge in [0.15, 0.2) is 0 Å². The molecule has 0 bridgehead atoms. The van der Waals surface area contributed by atoms with Crippen molar-refractivity contribution in [3.8, 4) is 0 Å². The molecule has 4 heteroatoms. The van der Waals surface area contributed by atoms with E-state index in [2.05, 4.69) is 28.7 Å². The monoisotopic (exact) mass is 199 g/mol. The molecule has 0 spiro atoms. The lowest BCUT2D eigenvalue weighted by Crippen LogP contribution is -2.28. The van der Waals surface area contributed by atoms with Crippen molar-refractivity contribution in [1.82, 2.24) is 9.97 Å². The van der Waals surface area contributed by atoms with Crippen molar-refractivity contribution in [2.75, 3.05) is 11.9 Å². The third-order valence-corrected chi connectivity index (χ3v) is 2.44. The molecule has 1 unspecified atom stereocenters. The van der Waals surface area contributed by atoms with Gasteiger partial charge >= 0.3 is 0 Å². The van der Waals surface area contributed by atoms with Gasteiger partial charge in [-0.05, 0) is 13.3 Å².